The van der Waals surface area contributed by atoms with Gasteiger partial charge in [0.2, 0.25) is 0 Å². The van der Waals surface area contributed by atoms with Crippen LogP contribution in [0.4, 0.5) is 5.82 Å². The number of anilines is 1. The monoisotopic (exact) mass is 309 g/mol. The summed E-state index contributed by atoms with van der Waals surface area (Å²) in [6.07, 6.45) is 1.07. The molecule has 0 aliphatic heterocycles. The zero-order valence-electron chi connectivity index (χ0n) is 12.3. The molecule has 0 saturated heterocycles. The molecule has 2 aromatic heterocycles. The van der Waals surface area contributed by atoms with Crippen molar-refractivity contribution in [1.82, 2.24) is 9.97 Å². The molecule has 0 aliphatic carbocycles. The van der Waals surface area contributed by atoms with E-state index in [0.29, 0.717) is 0 Å². The van der Waals surface area contributed by atoms with Crippen LogP contribution in [-0.2, 0) is 0 Å². The Labute approximate surface area is 129 Å². The first-order chi connectivity index (χ1) is 9.54. The van der Waals surface area contributed by atoms with Crippen molar-refractivity contribution in [1.29, 1.82) is 0 Å². The molecule has 2 aromatic rings. The first-order valence-electron chi connectivity index (χ1n) is 6.90. The van der Waals surface area contributed by atoms with Crippen molar-refractivity contribution in [2.24, 2.45) is 0 Å². The number of hydrogen-bond donors (Lipinski definition) is 1. The number of halogens is 1. The predicted molar refractivity (Wildman–Crippen MR) is 88.0 cm³/mol. The minimum Gasteiger partial charge on any atom is -0.370 e. The Morgan fingerprint density at radius 3 is 2.65 bits per heavy atom. The summed E-state index contributed by atoms with van der Waals surface area (Å²) < 4.78 is 0. The number of rotatable bonds is 5. The molecule has 20 heavy (non-hydrogen) atoms. The van der Waals surface area contributed by atoms with Gasteiger partial charge >= 0.3 is 0 Å². The third kappa shape index (κ3) is 3.13. The normalized spacial score (nSPS) is 11.1. The van der Waals surface area contributed by atoms with Crippen molar-refractivity contribution in [3.05, 3.63) is 27.9 Å². The van der Waals surface area contributed by atoms with Crippen LogP contribution in [0, 0.1) is 6.92 Å². The summed E-state index contributed by atoms with van der Waals surface area (Å²) in [5, 5.41) is 6.14. The van der Waals surface area contributed by atoms with Gasteiger partial charge in [-0.1, -0.05) is 32.4 Å². The van der Waals surface area contributed by atoms with Gasteiger partial charge in [0.1, 0.15) is 11.6 Å². The molecule has 0 fully saturated rings. The van der Waals surface area contributed by atoms with E-state index in [1.807, 2.05) is 18.4 Å². The summed E-state index contributed by atoms with van der Waals surface area (Å²) >= 11 is 7.88. The molecule has 1 N–H and O–H groups in total. The molecule has 3 nitrogen and oxygen atoms in total. The van der Waals surface area contributed by atoms with E-state index in [4.69, 9.17) is 16.6 Å². The zero-order valence-corrected chi connectivity index (χ0v) is 13.9. The minimum absolute atomic E-state index is 0.287. The first-order valence-corrected chi connectivity index (χ1v) is 8.16. The molecule has 2 rings (SSSR count). The predicted octanol–water partition coefficient (Wildman–Crippen LogP) is 5.11. The summed E-state index contributed by atoms with van der Waals surface area (Å²) in [6.45, 7) is 9.31. The SMILES string of the molecule is CCCNc1nc(C(C)C)nc(-c2sccc2Cl)c1C. The van der Waals surface area contributed by atoms with Crippen LogP contribution in [0.5, 0.6) is 0 Å². The van der Waals surface area contributed by atoms with E-state index in [-0.39, 0.29) is 5.92 Å². The van der Waals surface area contributed by atoms with E-state index in [0.717, 1.165) is 45.8 Å². The second-order valence-corrected chi connectivity index (χ2v) is 6.41. The van der Waals surface area contributed by atoms with Gasteiger partial charge in [0, 0.05) is 18.0 Å². The van der Waals surface area contributed by atoms with Crippen LogP contribution < -0.4 is 5.32 Å². The smallest absolute Gasteiger partial charge is 0.134 e. The van der Waals surface area contributed by atoms with Crippen molar-refractivity contribution < 1.29 is 0 Å². The molecule has 0 aromatic carbocycles. The number of thiophene rings is 1. The molecule has 108 valence electrons. The number of hydrogen-bond acceptors (Lipinski definition) is 4. The summed E-state index contributed by atoms with van der Waals surface area (Å²) in [5.74, 6) is 2.06. The topological polar surface area (TPSA) is 37.8 Å². The number of nitrogens with zero attached hydrogens (tertiary/aromatic N) is 2. The molecule has 0 saturated carbocycles. The van der Waals surface area contributed by atoms with Crippen molar-refractivity contribution in [2.45, 2.75) is 40.0 Å². The summed E-state index contributed by atoms with van der Waals surface area (Å²) in [4.78, 5) is 10.4. The number of nitrogens with one attached hydrogen (secondary N) is 1. The van der Waals surface area contributed by atoms with Crippen molar-refractivity contribution >= 4 is 28.8 Å². The average molecular weight is 310 g/mol. The van der Waals surface area contributed by atoms with E-state index in [1.165, 1.54) is 0 Å². The molecule has 0 unspecified atom stereocenters. The van der Waals surface area contributed by atoms with Crippen molar-refractivity contribution in [3.8, 4) is 10.6 Å². The summed E-state index contributed by atoms with van der Waals surface area (Å²) in [6, 6.07) is 1.91. The molecule has 0 radical (unpaired) electrons. The van der Waals surface area contributed by atoms with E-state index >= 15 is 0 Å². The Bertz CT molecular complexity index is 593. The Morgan fingerprint density at radius 1 is 1.35 bits per heavy atom. The Balaban J connectivity index is 2.55. The fourth-order valence-corrected chi connectivity index (χ4v) is 3.08. The van der Waals surface area contributed by atoms with E-state index in [9.17, 15) is 0 Å². The van der Waals surface area contributed by atoms with Gasteiger partial charge in [0.05, 0.1) is 15.6 Å². The molecule has 0 bridgehead atoms. The fourth-order valence-electron chi connectivity index (χ4n) is 1.89. The largest absolute Gasteiger partial charge is 0.370 e. The summed E-state index contributed by atoms with van der Waals surface area (Å²) in [7, 11) is 0. The van der Waals surface area contributed by atoms with Crippen molar-refractivity contribution in [3.63, 3.8) is 0 Å². The lowest BCUT2D eigenvalue weighted by Gasteiger charge is -2.14. The Morgan fingerprint density at radius 2 is 2.10 bits per heavy atom. The second kappa shape index (κ2) is 6.55. The van der Waals surface area contributed by atoms with E-state index in [2.05, 4.69) is 31.1 Å². The van der Waals surface area contributed by atoms with Crippen molar-refractivity contribution in [2.75, 3.05) is 11.9 Å². The lowest BCUT2D eigenvalue weighted by molar-refractivity contribution is 0.773. The van der Waals surface area contributed by atoms with E-state index < -0.39 is 0 Å². The lowest BCUT2D eigenvalue weighted by Crippen LogP contribution is -2.09. The first kappa shape index (κ1) is 15.3. The van der Waals surface area contributed by atoms with Gasteiger partial charge in [0.25, 0.3) is 0 Å². The van der Waals surface area contributed by atoms with Crippen LogP contribution in [-0.4, -0.2) is 16.5 Å². The van der Waals surface area contributed by atoms with Gasteiger partial charge in [-0.3, -0.25) is 0 Å². The summed E-state index contributed by atoms with van der Waals surface area (Å²) in [5.41, 5.74) is 2.01. The van der Waals surface area contributed by atoms with Gasteiger partial charge < -0.3 is 5.32 Å². The van der Waals surface area contributed by atoms with Crippen LogP contribution in [0.1, 0.15) is 44.5 Å². The molecule has 0 atom stereocenters. The molecule has 0 spiro atoms. The van der Waals surface area contributed by atoms with Gasteiger partial charge in [-0.15, -0.1) is 11.3 Å². The van der Waals surface area contributed by atoms with Crippen LogP contribution in [0.15, 0.2) is 11.4 Å². The molecular formula is C15H20ClN3S. The standard InChI is InChI=1S/C15H20ClN3S/c1-5-7-17-15-10(4)12(13-11(16)6-8-20-13)18-14(19-15)9(2)3/h6,8-9H,5,7H2,1-4H3,(H,17,18,19). The lowest BCUT2D eigenvalue weighted by atomic mass is 10.1. The van der Waals surface area contributed by atoms with Gasteiger partial charge in [-0.2, -0.15) is 0 Å². The maximum absolute atomic E-state index is 6.26. The number of aromatic nitrogens is 2. The quantitative estimate of drug-likeness (QED) is 0.833. The maximum Gasteiger partial charge on any atom is 0.134 e. The third-order valence-corrected chi connectivity index (χ3v) is 4.40. The van der Waals surface area contributed by atoms with Crippen LogP contribution in [0.3, 0.4) is 0 Å². The average Bonchev–Trinajstić information content (AvgIpc) is 2.83. The van der Waals surface area contributed by atoms with Crippen LogP contribution >= 0.6 is 22.9 Å². The van der Waals surface area contributed by atoms with Gasteiger partial charge in [-0.25, -0.2) is 9.97 Å². The maximum atomic E-state index is 6.26. The fraction of sp³-hybridized carbons (Fsp3) is 0.467. The van der Waals surface area contributed by atoms with E-state index in [1.54, 1.807) is 11.3 Å². The molecule has 5 heteroatoms. The molecule has 2 heterocycles. The molecule has 0 aliphatic rings. The van der Waals surface area contributed by atoms with Gasteiger partial charge in [-0.05, 0) is 24.8 Å². The minimum atomic E-state index is 0.287. The zero-order chi connectivity index (χ0) is 14.7. The molecular weight excluding hydrogens is 290 g/mol. The third-order valence-electron chi connectivity index (χ3n) is 3.05. The van der Waals surface area contributed by atoms with Crippen LogP contribution in [0.2, 0.25) is 5.02 Å². The highest BCUT2D eigenvalue weighted by Crippen LogP contribution is 2.36. The van der Waals surface area contributed by atoms with Crippen LogP contribution in [0.25, 0.3) is 10.6 Å². The molecule has 0 amide bonds. The highest BCUT2D eigenvalue weighted by molar-refractivity contribution is 7.14. The highest BCUT2D eigenvalue weighted by atomic mass is 35.5. The second-order valence-electron chi connectivity index (χ2n) is 5.08. The Hall–Kier alpha value is -1.13. The highest BCUT2D eigenvalue weighted by Gasteiger charge is 2.17. The van der Waals surface area contributed by atoms with Gasteiger partial charge in [0.15, 0.2) is 0 Å². The Kier molecular flexibility index (Phi) is 5.00.